The number of aliphatic hydroxyl groups is 3. The number of aliphatic carboxylic acids is 1. The summed E-state index contributed by atoms with van der Waals surface area (Å²) in [5, 5.41) is 35.5. The minimum Gasteiger partial charge on any atom is -0.479 e. The molecule has 0 aliphatic rings. The first-order chi connectivity index (χ1) is 6.56. The van der Waals surface area contributed by atoms with Crippen LogP contribution in [0.2, 0.25) is 0 Å². The minimum atomic E-state index is -1.83. The highest BCUT2D eigenvalue weighted by molar-refractivity contribution is 7.12. The van der Waals surface area contributed by atoms with Gasteiger partial charge in [0.05, 0.1) is 6.61 Å². The van der Waals surface area contributed by atoms with Crippen molar-refractivity contribution in [1.82, 2.24) is 0 Å². The second-order valence-electron chi connectivity index (χ2n) is 2.69. The topological polar surface area (TPSA) is 98.0 Å². The summed E-state index contributed by atoms with van der Waals surface area (Å²) in [6.45, 7) is -0.166. The molecule has 2 atom stereocenters. The molecular formula is C8H10O5S. The van der Waals surface area contributed by atoms with Gasteiger partial charge in [-0.1, -0.05) is 0 Å². The van der Waals surface area contributed by atoms with Crippen LogP contribution in [0.15, 0.2) is 12.1 Å². The largest absolute Gasteiger partial charge is 0.479 e. The Hall–Kier alpha value is -0.950. The van der Waals surface area contributed by atoms with Gasteiger partial charge >= 0.3 is 5.97 Å². The average Bonchev–Trinajstić information content (AvgIpc) is 2.63. The second kappa shape index (κ2) is 4.52. The molecular weight excluding hydrogens is 208 g/mol. The van der Waals surface area contributed by atoms with E-state index in [-0.39, 0.29) is 6.61 Å². The van der Waals surface area contributed by atoms with Crippen LogP contribution in [0.25, 0.3) is 0 Å². The van der Waals surface area contributed by atoms with Crippen LogP contribution < -0.4 is 0 Å². The van der Waals surface area contributed by atoms with E-state index in [0.29, 0.717) is 9.75 Å². The molecule has 0 fully saturated rings. The van der Waals surface area contributed by atoms with Crippen molar-refractivity contribution >= 4 is 17.3 Å². The van der Waals surface area contributed by atoms with Gasteiger partial charge in [0.2, 0.25) is 0 Å². The maximum absolute atomic E-state index is 10.3. The van der Waals surface area contributed by atoms with E-state index < -0.39 is 18.2 Å². The Morgan fingerprint density at radius 3 is 2.50 bits per heavy atom. The van der Waals surface area contributed by atoms with E-state index in [2.05, 4.69) is 0 Å². The van der Waals surface area contributed by atoms with Gasteiger partial charge in [-0.05, 0) is 12.1 Å². The lowest BCUT2D eigenvalue weighted by Crippen LogP contribution is -2.26. The molecule has 0 radical (unpaired) electrons. The maximum Gasteiger partial charge on any atom is 0.335 e. The molecule has 0 aliphatic heterocycles. The van der Waals surface area contributed by atoms with Crippen molar-refractivity contribution in [3.63, 3.8) is 0 Å². The second-order valence-corrected chi connectivity index (χ2v) is 3.89. The van der Waals surface area contributed by atoms with Gasteiger partial charge in [-0.25, -0.2) is 4.79 Å². The molecule has 4 N–H and O–H groups in total. The van der Waals surface area contributed by atoms with E-state index in [4.69, 9.17) is 15.3 Å². The third kappa shape index (κ3) is 2.30. The Labute approximate surface area is 83.9 Å². The van der Waals surface area contributed by atoms with Crippen molar-refractivity contribution in [2.75, 3.05) is 0 Å². The summed E-state index contributed by atoms with van der Waals surface area (Å²) in [6, 6.07) is 3.05. The first-order valence-corrected chi connectivity index (χ1v) is 4.66. The summed E-state index contributed by atoms with van der Waals surface area (Å²) in [5.74, 6) is -1.48. The third-order valence-electron chi connectivity index (χ3n) is 1.68. The highest BCUT2D eigenvalue weighted by atomic mass is 32.1. The highest BCUT2D eigenvalue weighted by Crippen LogP contribution is 2.25. The van der Waals surface area contributed by atoms with Crippen LogP contribution in [0.5, 0.6) is 0 Å². The molecule has 0 saturated carbocycles. The highest BCUT2D eigenvalue weighted by Gasteiger charge is 2.26. The molecule has 0 aromatic carbocycles. The molecule has 14 heavy (non-hydrogen) atoms. The molecule has 1 rings (SSSR count). The van der Waals surface area contributed by atoms with Crippen molar-refractivity contribution in [1.29, 1.82) is 0 Å². The third-order valence-corrected chi connectivity index (χ3v) is 2.82. The number of carboxylic acid groups (broad SMARTS) is 1. The number of aliphatic hydroxyl groups excluding tert-OH is 3. The molecule has 2 unspecified atom stereocenters. The van der Waals surface area contributed by atoms with E-state index in [9.17, 15) is 9.90 Å². The van der Waals surface area contributed by atoms with E-state index in [1.165, 1.54) is 6.07 Å². The van der Waals surface area contributed by atoms with E-state index in [1.54, 1.807) is 6.07 Å². The van der Waals surface area contributed by atoms with E-state index in [0.717, 1.165) is 11.3 Å². The van der Waals surface area contributed by atoms with Crippen LogP contribution in [0.3, 0.4) is 0 Å². The average molecular weight is 218 g/mol. The quantitative estimate of drug-likeness (QED) is 0.557. The van der Waals surface area contributed by atoms with E-state index >= 15 is 0 Å². The summed E-state index contributed by atoms with van der Waals surface area (Å²) >= 11 is 1.06. The fourth-order valence-electron chi connectivity index (χ4n) is 0.929. The normalized spacial score (nSPS) is 15.1. The zero-order valence-electron chi connectivity index (χ0n) is 7.12. The maximum atomic E-state index is 10.3. The van der Waals surface area contributed by atoms with Gasteiger partial charge < -0.3 is 20.4 Å². The summed E-state index contributed by atoms with van der Waals surface area (Å²) < 4.78 is 0. The van der Waals surface area contributed by atoms with Crippen LogP contribution >= 0.6 is 11.3 Å². The SMILES string of the molecule is O=C(O)C(O)C(O)c1ccc(CO)s1. The molecule has 1 aromatic rings. The van der Waals surface area contributed by atoms with Gasteiger partial charge in [0, 0.05) is 9.75 Å². The molecule has 78 valence electrons. The number of carboxylic acids is 1. The number of carbonyl (C=O) groups is 1. The molecule has 0 aliphatic carbocycles. The molecule has 1 heterocycles. The monoisotopic (exact) mass is 218 g/mol. The lowest BCUT2D eigenvalue weighted by molar-refractivity contribution is -0.152. The summed E-state index contributed by atoms with van der Waals surface area (Å²) in [7, 11) is 0. The van der Waals surface area contributed by atoms with Crippen LogP contribution in [-0.4, -0.2) is 32.5 Å². The number of rotatable bonds is 4. The smallest absolute Gasteiger partial charge is 0.335 e. The fraction of sp³-hybridized carbons (Fsp3) is 0.375. The lowest BCUT2D eigenvalue weighted by atomic mass is 10.2. The molecule has 0 spiro atoms. The van der Waals surface area contributed by atoms with Gasteiger partial charge in [-0.15, -0.1) is 11.3 Å². The van der Waals surface area contributed by atoms with E-state index in [1.807, 2.05) is 0 Å². The predicted octanol–water partition coefficient (Wildman–Crippen LogP) is -0.281. The van der Waals surface area contributed by atoms with Gasteiger partial charge in [0.15, 0.2) is 6.10 Å². The lowest BCUT2D eigenvalue weighted by Gasteiger charge is -2.11. The Morgan fingerprint density at radius 1 is 1.43 bits per heavy atom. The van der Waals surface area contributed by atoms with Gasteiger partial charge in [-0.3, -0.25) is 0 Å². The Morgan fingerprint density at radius 2 is 2.07 bits per heavy atom. The van der Waals surface area contributed by atoms with Gasteiger partial charge in [-0.2, -0.15) is 0 Å². The molecule has 0 amide bonds. The van der Waals surface area contributed by atoms with Crippen LogP contribution in [0.4, 0.5) is 0 Å². The van der Waals surface area contributed by atoms with Crippen molar-refractivity contribution in [3.8, 4) is 0 Å². The van der Waals surface area contributed by atoms with Gasteiger partial charge in [0.1, 0.15) is 6.10 Å². The van der Waals surface area contributed by atoms with Crippen LogP contribution in [0.1, 0.15) is 15.9 Å². The first kappa shape index (κ1) is 11.1. The van der Waals surface area contributed by atoms with Crippen molar-refractivity contribution in [3.05, 3.63) is 21.9 Å². The predicted molar refractivity (Wildman–Crippen MR) is 48.8 cm³/mol. The zero-order chi connectivity index (χ0) is 10.7. The minimum absolute atomic E-state index is 0.166. The first-order valence-electron chi connectivity index (χ1n) is 3.84. The Bertz CT molecular complexity index is 321. The molecule has 1 aromatic heterocycles. The van der Waals surface area contributed by atoms with Crippen LogP contribution in [-0.2, 0) is 11.4 Å². The van der Waals surface area contributed by atoms with Gasteiger partial charge in [0.25, 0.3) is 0 Å². The summed E-state index contributed by atoms with van der Waals surface area (Å²) in [5.41, 5.74) is 0. The Balaban J connectivity index is 2.78. The zero-order valence-corrected chi connectivity index (χ0v) is 7.94. The molecule has 0 saturated heterocycles. The fourth-order valence-corrected chi connectivity index (χ4v) is 1.82. The van der Waals surface area contributed by atoms with Crippen molar-refractivity contribution in [2.24, 2.45) is 0 Å². The molecule has 6 heteroatoms. The van der Waals surface area contributed by atoms with Crippen LogP contribution in [0, 0.1) is 0 Å². The molecule has 5 nitrogen and oxygen atoms in total. The molecule has 0 bridgehead atoms. The summed E-state index contributed by atoms with van der Waals surface area (Å²) in [4.78, 5) is 11.3. The Kier molecular flexibility index (Phi) is 3.59. The number of thiophene rings is 1. The standard InChI is InChI=1S/C8H10O5S/c9-3-4-1-2-5(14-4)6(10)7(11)8(12)13/h1-2,6-7,9-11H,3H2,(H,12,13). The van der Waals surface area contributed by atoms with Crippen molar-refractivity contribution < 1.29 is 25.2 Å². The van der Waals surface area contributed by atoms with Crippen molar-refractivity contribution in [2.45, 2.75) is 18.8 Å². The number of hydrogen-bond donors (Lipinski definition) is 4. The number of hydrogen-bond acceptors (Lipinski definition) is 5. The summed E-state index contributed by atoms with van der Waals surface area (Å²) in [6.07, 6.45) is -3.28.